The van der Waals surface area contributed by atoms with Crippen molar-refractivity contribution >= 4 is 39.9 Å². The van der Waals surface area contributed by atoms with E-state index in [-0.39, 0.29) is 30.7 Å². The lowest BCUT2D eigenvalue weighted by Crippen LogP contribution is -2.27. The topological polar surface area (TPSA) is 100 Å². The summed E-state index contributed by atoms with van der Waals surface area (Å²) in [5.74, 6) is -0.714. The molecule has 1 aromatic heterocycles. The number of nitrogens with zero attached hydrogens (tertiary/aromatic N) is 1. The zero-order chi connectivity index (χ0) is 19.8. The zero-order valence-electron chi connectivity index (χ0n) is 14.8. The minimum atomic E-state index is -0.267. The van der Waals surface area contributed by atoms with Gasteiger partial charge in [-0.1, -0.05) is 18.2 Å². The second kappa shape index (κ2) is 9.43. The van der Waals surface area contributed by atoms with E-state index in [1.54, 1.807) is 60.1 Å². The lowest BCUT2D eigenvalue weighted by molar-refractivity contribution is -0.116. The van der Waals surface area contributed by atoms with Crippen molar-refractivity contribution in [1.82, 2.24) is 10.3 Å². The van der Waals surface area contributed by atoms with Gasteiger partial charge in [-0.25, -0.2) is 4.98 Å². The third kappa shape index (κ3) is 5.49. The fourth-order valence-corrected chi connectivity index (χ4v) is 2.89. The summed E-state index contributed by atoms with van der Waals surface area (Å²) in [7, 11) is 0. The van der Waals surface area contributed by atoms with Crippen LogP contribution in [0.15, 0.2) is 66.2 Å². The van der Waals surface area contributed by atoms with Crippen molar-refractivity contribution in [3.63, 3.8) is 0 Å². The van der Waals surface area contributed by atoms with Gasteiger partial charge in [0.15, 0.2) is 5.13 Å². The molecule has 0 aliphatic rings. The lowest BCUT2D eigenvalue weighted by Gasteiger charge is -2.08. The molecule has 7 nitrogen and oxygen atoms in total. The molecule has 0 fully saturated rings. The summed E-state index contributed by atoms with van der Waals surface area (Å²) in [5.41, 5.74) is 1.59. The van der Waals surface area contributed by atoms with Crippen LogP contribution in [-0.4, -0.2) is 29.3 Å². The van der Waals surface area contributed by atoms with Gasteiger partial charge in [-0.05, 0) is 36.4 Å². The summed E-state index contributed by atoms with van der Waals surface area (Å²) < 4.78 is 0. The second-order valence-corrected chi connectivity index (χ2v) is 6.68. The Morgan fingerprint density at radius 1 is 0.857 bits per heavy atom. The molecule has 0 unspecified atom stereocenters. The van der Waals surface area contributed by atoms with E-state index in [0.29, 0.717) is 21.9 Å². The number of carbonyl (C=O) groups excluding carboxylic acids is 3. The molecule has 0 aliphatic carbocycles. The molecular formula is C20H18N4O3S. The number of hydrogen-bond donors (Lipinski definition) is 3. The highest BCUT2D eigenvalue weighted by Crippen LogP contribution is 2.14. The molecular weight excluding hydrogens is 376 g/mol. The highest BCUT2D eigenvalue weighted by atomic mass is 32.1. The van der Waals surface area contributed by atoms with Crippen molar-refractivity contribution < 1.29 is 14.4 Å². The van der Waals surface area contributed by atoms with E-state index in [0.717, 1.165) is 0 Å². The first kappa shape index (κ1) is 19.2. The van der Waals surface area contributed by atoms with Gasteiger partial charge in [0, 0.05) is 41.4 Å². The van der Waals surface area contributed by atoms with Gasteiger partial charge in [-0.2, -0.15) is 0 Å². The quantitative estimate of drug-likeness (QED) is 0.573. The Hall–Kier alpha value is -3.52. The van der Waals surface area contributed by atoms with Gasteiger partial charge in [-0.3, -0.25) is 19.7 Å². The van der Waals surface area contributed by atoms with E-state index >= 15 is 0 Å². The van der Waals surface area contributed by atoms with Crippen LogP contribution in [0.3, 0.4) is 0 Å². The number of amides is 3. The third-order valence-corrected chi connectivity index (χ3v) is 4.45. The normalized spacial score (nSPS) is 10.1. The van der Waals surface area contributed by atoms with Crippen LogP contribution in [0.25, 0.3) is 0 Å². The molecule has 3 aromatic rings. The van der Waals surface area contributed by atoms with Crippen LogP contribution < -0.4 is 16.0 Å². The Morgan fingerprint density at radius 3 is 2.25 bits per heavy atom. The first-order valence-electron chi connectivity index (χ1n) is 8.56. The molecule has 0 saturated heterocycles. The Labute approximate surface area is 165 Å². The van der Waals surface area contributed by atoms with Gasteiger partial charge >= 0.3 is 0 Å². The van der Waals surface area contributed by atoms with Crippen molar-refractivity contribution in [2.45, 2.75) is 6.42 Å². The molecule has 0 radical (unpaired) electrons. The van der Waals surface area contributed by atoms with Crippen molar-refractivity contribution in [3.05, 3.63) is 77.3 Å². The fraction of sp³-hybridized carbons (Fsp3) is 0.100. The predicted octanol–water partition coefficient (Wildman–Crippen LogP) is 3.15. The Morgan fingerprint density at radius 2 is 1.57 bits per heavy atom. The zero-order valence-corrected chi connectivity index (χ0v) is 15.7. The molecule has 0 atom stereocenters. The monoisotopic (exact) mass is 394 g/mol. The van der Waals surface area contributed by atoms with E-state index in [1.165, 1.54) is 11.3 Å². The lowest BCUT2D eigenvalue weighted by atomic mass is 10.2. The van der Waals surface area contributed by atoms with E-state index in [1.807, 2.05) is 6.07 Å². The molecule has 0 bridgehead atoms. The molecule has 8 heteroatoms. The van der Waals surface area contributed by atoms with Crippen LogP contribution in [0.1, 0.15) is 27.1 Å². The SMILES string of the molecule is O=C(CCNC(=O)c1ccccc1)Nc1ccc(C(=O)Nc2nccs2)cc1. The third-order valence-electron chi connectivity index (χ3n) is 3.76. The summed E-state index contributed by atoms with van der Waals surface area (Å²) in [4.78, 5) is 40.0. The smallest absolute Gasteiger partial charge is 0.257 e. The summed E-state index contributed by atoms with van der Waals surface area (Å²) in [6, 6.07) is 15.4. The predicted molar refractivity (Wildman–Crippen MR) is 109 cm³/mol. The number of thiazole rings is 1. The molecule has 3 N–H and O–H groups in total. The van der Waals surface area contributed by atoms with Gasteiger partial charge in [0.2, 0.25) is 5.91 Å². The largest absolute Gasteiger partial charge is 0.352 e. The number of hydrogen-bond acceptors (Lipinski definition) is 5. The number of anilines is 2. The van der Waals surface area contributed by atoms with Gasteiger partial charge in [0.05, 0.1) is 0 Å². The highest BCUT2D eigenvalue weighted by molar-refractivity contribution is 7.13. The Kier molecular flexibility index (Phi) is 6.48. The molecule has 0 saturated carbocycles. The van der Waals surface area contributed by atoms with E-state index in [4.69, 9.17) is 0 Å². The molecule has 1 heterocycles. The molecule has 142 valence electrons. The van der Waals surface area contributed by atoms with Gasteiger partial charge in [0.1, 0.15) is 0 Å². The minimum Gasteiger partial charge on any atom is -0.352 e. The average molecular weight is 394 g/mol. The van der Waals surface area contributed by atoms with Crippen molar-refractivity contribution in [2.75, 3.05) is 17.2 Å². The molecule has 2 aromatic carbocycles. The maximum absolute atomic E-state index is 12.1. The molecule has 28 heavy (non-hydrogen) atoms. The molecule has 0 spiro atoms. The summed E-state index contributed by atoms with van der Waals surface area (Å²) in [5, 5.41) is 10.4. The maximum Gasteiger partial charge on any atom is 0.257 e. The van der Waals surface area contributed by atoms with Gasteiger partial charge < -0.3 is 10.6 Å². The van der Waals surface area contributed by atoms with Gasteiger partial charge in [0.25, 0.3) is 11.8 Å². The fourth-order valence-electron chi connectivity index (χ4n) is 2.36. The van der Waals surface area contributed by atoms with Crippen LogP contribution in [-0.2, 0) is 4.79 Å². The number of rotatable bonds is 7. The Balaban J connectivity index is 1.44. The standard InChI is InChI=1S/C20H18N4O3S/c25-17(10-11-21-18(26)14-4-2-1-3-5-14)23-16-8-6-15(7-9-16)19(27)24-20-22-12-13-28-20/h1-9,12-13H,10-11H2,(H,21,26)(H,23,25)(H,22,24,27). The molecule has 0 aliphatic heterocycles. The molecule has 3 rings (SSSR count). The number of aromatic nitrogens is 1. The first-order valence-corrected chi connectivity index (χ1v) is 9.44. The number of nitrogens with one attached hydrogen (secondary N) is 3. The Bertz CT molecular complexity index is 941. The summed E-state index contributed by atoms with van der Waals surface area (Å²) >= 11 is 1.34. The summed E-state index contributed by atoms with van der Waals surface area (Å²) in [6.45, 7) is 0.230. The highest BCUT2D eigenvalue weighted by Gasteiger charge is 2.09. The molecule has 3 amide bonds. The minimum absolute atomic E-state index is 0.144. The first-order chi connectivity index (χ1) is 13.6. The van der Waals surface area contributed by atoms with Crippen LogP contribution in [0.5, 0.6) is 0 Å². The van der Waals surface area contributed by atoms with Crippen LogP contribution >= 0.6 is 11.3 Å². The second-order valence-electron chi connectivity index (χ2n) is 5.79. The van der Waals surface area contributed by atoms with Crippen LogP contribution in [0, 0.1) is 0 Å². The van der Waals surface area contributed by atoms with Crippen LogP contribution in [0.2, 0.25) is 0 Å². The summed E-state index contributed by atoms with van der Waals surface area (Å²) in [6.07, 6.45) is 1.76. The van der Waals surface area contributed by atoms with Gasteiger partial charge in [-0.15, -0.1) is 11.3 Å². The van der Waals surface area contributed by atoms with Crippen molar-refractivity contribution in [2.24, 2.45) is 0 Å². The maximum atomic E-state index is 12.1. The van der Waals surface area contributed by atoms with Crippen molar-refractivity contribution in [3.8, 4) is 0 Å². The number of carbonyl (C=O) groups is 3. The van der Waals surface area contributed by atoms with E-state index in [2.05, 4.69) is 20.9 Å². The van der Waals surface area contributed by atoms with Crippen molar-refractivity contribution in [1.29, 1.82) is 0 Å². The average Bonchev–Trinajstić information content (AvgIpc) is 3.22. The van der Waals surface area contributed by atoms with E-state index in [9.17, 15) is 14.4 Å². The van der Waals surface area contributed by atoms with E-state index < -0.39 is 0 Å². The van der Waals surface area contributed by atoms with Crippen LogP contribution in [0.4, 0.5) is 10.8 Å². The number of benzene rings is 2.